The molecular weight excluding hydrogens is 304 g/mol. The molecule has 0 spiro atoms. The average Bonchev–Trinajstić information content (AvgIpc) is 3.15. The predicted octanol–water partition coefficient (Wildman–Crippen LogP) is 3.07. The minimum absolute atomic E-state index is 0.385. The van der Waals surface area contributed by atoms with Gasteiger partial charge in [-0.3, -0.25) is 0 Å². The number of nitrogens with one attached hydrogen (secondary N) is 1. The van der Waals surface area contributed by atoms with Gasteiger partial charge in [-0.1, -0.05) is 16.8 Å². The zero-order valence-corrected chi connectivity index (χ0v) is 12.6. The fourth-order valence-electron chi connectivity index (χ4n) is 2.82. The fourth-order valence-corrected chi connectivity index (χ4v) is 3.02. The monoisotopic (exact) mass is 318 g/mol. The van der Waals surface area contributed by atoms with Crippen LogP contribution in [0.25, 0.3) is 22.6 Å². The van der Waals surface area contributed by atoms with Crippen LogP contribution in [0.2, 0.25) is 5.15 Å². The maximum Gasteiger partial charge on any atom is 0.293 e. The van der Waals surface area contributed by atoms with Gasteiger partial charge in [0.2, 0.25) is 0 Å². The zero-order valence-electron chi connectivity index (χ0n) is 11.9. The molecule has 0 atom stereocenters. The molecule has 4 heterocycles. The van der Waals surface area contributed by atoms with Gasteiger partial charge >= 0.3 is 0 Å². The first-order chi connectivity index (χ1) is 10.8. The van der Waals surface area contributed by atoms with E-state index < -0.39 is 0 Å². The van der Waals surface area contributed by atoms with Crippen molar-refractivity contribution in [3.05, 3.63) is 29.3 Å². The van der Waals surface area contributed by atoms with Crippen LogP contribution in [0.4, 0.5) is 0 Å². The molecule has 0 aromatic carbocycles. The van der Waals surface area contributed by atoms with E-state index in [0.29, 0.717) is 28.3 Å². The van der Waals surface area contributed by atoms with Crippen LogP contribution in [0.1, 0.15) is 18.7 Å². The molecule has 1 aliphatic heterocycles. The Morgan fingerprint density at radius 3 is 3.00 bits per heavy atom. The van der Waals surface area contributed by atoms with Gasteiger partial charge in [-0.05, 0) is 37.9 Å². The molecule has 3 aromatic rings. The predicted molar refractivity (Wildman–Crippen MR) is 81.6 cm³/mol. The molecule has 0 unspecified atom stereocenters. The van der Waals surface area contributed by atoms with Crippen LogP contribution in [-0.4, -0.2) is 28.2 Å². The van der Waals surface area contributed by atoms with Gasteiger partial charge in [-0.15, -0.1) is 0 Å². The van der Waals surface area contributed by atoms with Crippen molar-refractivity contribution in [3.8, 4) is 11.7 Å². The number of furan rings is 1. The SMILES string of the molecule is Clc1nccc2oc(-c3nc(CC4CCNCC4)no3)cc12. The molecule has 0 bridgehead atoms. The maximum absolute atomic E-state index is 6.05. The van der Waals surface area contributed by atoms with Crippen molar-refractivity contribution in [2.75, 3.05) is 13.1 Å². The molecule has 1 N–H and O–H groups in total. The number of aromatic nitrogens is 3. The highest BCUT2D eigenvalue weighted by molar-refractivity contribution is 6.34. The lowest BCUT2D eigenvalue weighted by Crippen LogP contribution is -2.28. The standard InChI is InChI=1S/C15H15ClN4O2/c16-14-10-8-12(21-11(10)3-6-18-14)15-19-13(20-22-15)7-9-1-4-17-5-2-9/h3,6,8-9,17H,1-2,4-5,7H2. The van der Waals surface area contributed by atoms with Gasteiger partial charge in [0.05, 0.1) is 5.39 Å². The summed E-state index contributed by atoms with van der Waals surface area (Å²) in [6, 6.07) is 3.55. The second-order valence-electron chi connectivity index (χ2n) is 5.54. The largest absolute Gasteiger partial charge is 0.451 e. The number of halogens is 1. The summed E-state index contributed by atoms with van der Waals surface area (Å²) >= 11 is 6.05. The maximum atomic E-state index is 6.05. The molecule has 1 fully saturated rings. The van der Waals surface area contributed by atoms with Gasteiger partial charge in [0.15, 0.2) is 11.6 Å². The first kappa shape index (κ1) is 13.7. The lowest BCUT2D eigenvalue weighted by molar-refractivity contribution is 0.356. The van der Waals surface area contributed by atoms with E-state index in [0.717, 1.165) is 43.6 Å². The Kier molecular flexibility index (Phi) is 3.56. The Labute approximate surface area is 131 Å². The second-order valence-corrected chi connectivity index (χ2v) is 5.90. The van der Waals surface area contributed by atoms with Gasteiger partial charge in [0, 0.05) is 18.7 Å². The van der Waals surface area contributed by atoms with E-state index >= 15 is 0 Å². The molecule has 114 valence electrons. The number of nitrogens with zero attached hydrogens (tertiary/aromatic N) is 3. The van der Waals surface area contributed by atoms with Gasteiger partial charge in [-0.2, -0.15) is 4.98 Å². The number of pyridine rings is 1. The van der Waals surface area contributed by atoms with Gasteiger partial charge in [0.25, 0.3) is 5.89 Å². The quantitative estimate of drug-likeness (QED) is 0.748. The highest BCUT2D eigenvalue weighted by Gasteiger charge is 2.19. The van der Waals surface area contributed by atoms with Gasteiger partial charge < -0.3 is 14.3 Å². The van der Waals surface area contributed by atoms with Crippen LogP contribution in [0.3, 0.4) is 0 Å². The Morgan fingerprint density at radius 1 is 1.32 bits per heavy atom. The number of hydrogen-bond donors (Lipinski definition) is 1. The summed E-state index contributed by atoms with van der Waals surface area (Å²) in [7, 11) is 0. The molecule has 22 heavy (non-hydrogen) atoms. The Morgan fingerprint density at radius 2 is 2.18 bits per heavy atom. The summed E-state index contributed by atoms with van der Waals surface area (Å²) in [6.45, 7) is 2.12. The highest BCUT2D eigenvalue weighted by Crippen LogP contribution is 2.30. The van der Waals surface area contributed by atoms with E-state index in [-0.39, 0.29) is 0 Å². The highest BCUT2D eigenvalue weighted by atomic mass is 35.5. The minimum atomic E-state index is 0.385. The summed E-state index contributed by atoms with van der Waals surface area (Å²) in [6.07, 6.45) is 4.74. The molecule has 0 saturated carbocycles. The number of piperidine rings is 1. The number of rotatable bonds is 3. The molecule has 1 saturated heterocycles. The smallest absolute Gasteiger partial charge is 0.293 e. The zero-order chi connectivity index (χ0) is 14.9. The molecule has 0 amide bonds. The van der Waals surface area contributed by atoms with Crippen LogP contribution in [0.15, 0.2) is 27.3 Å². The van der Waals surface area contributed by atoms with Crippen molar-refractivity contribution >= 4 is 22.6 Å². The van der Waals surface area contributed by atoms with Crippen molar-refractivity contribution in [1.82, 2.24) is 20.4 Å². The molecule has 7 heteroatoms. The topological polar surface area (TPSA) is 77.0 Å². The number of hydrogen-bond acceptors (Lipinski definition) is 6. The first-order valence-electron chi connectivity index (χ1n) is 7.37. The summed E-state index contributed by atoms with van der Waals surface area (Å²) < 4.78 is 11.0. The van der Waals surface area contributed by atoms with E-state index in [1.807, 2.05) is 0 Å². The van der Waals surface area contributed by atoms with E-state index in [2.05, 4.69) is 20.4 Å². The van der Waals surface area contributed by atoms with Crippen molar-refractivity contribution in [1.29, 1.82) is 0 Å². The number of fused-ring (bicyclic) bond motifs is 1. The van der Waals surface area contributed by atoms with E-state index in [1.165, 1.54) is 0 Å². The average molecular weight is 319 g/mol. The van der Waals surface area contributed by atoms with E-state index in [4.69, 9.17) is 20.5 Å². The van der Waals surface area contributed by atoms with Crippen LogP contribution in [-0.2, 0) is 6.42 Å². The molecule has 4 rings (SSSR count). The molecule has 6 nitrogen and oxygen atoms in total. The molecular formula is C15H15ClN4O2. The Bertz CT molecular complexity index is 792. The first-order valence-corrected chi connectivity index (χ1v) is 7.75. The summed E-state index contributed by atoms with van der Waals surface area (Å²) in [5.74, 6) is 2.25. The second kappa shape index (κ2) is 5.70. The minimum Gasteiger partial charge on any atom is -0.451 e. The molecule has 3 aromatic heterocycles. The van der Waals surface area contributed by atoms with E-state index in [1.54, 1.807) is 18.3 Å². The van der Waals surface area contributed by atoms with Crippen LogP contribution in [0.5, 0.6) is 0 Å². The van der Waals surface area contributed by atoms with Crippen molar-refractivity contribution in [3.63, 3.8) is 0 Å². The molecule has 1 aliphatic rings. The van der Waals surface area contributed by atoms with E-state index in [9.17, 15) is 0 Å². The van der Waals surface area contributed by atoms with Gasteiger partial charge in [0.1, 0.15) is 10.7 Å². The van der Waals surface area contributed by atoms with Crippen molar-refractivity contribution < 1.29 is 8.94 Å². The third-order valence-corrected chi connectivity index (χ3v) is 4.31. The summed E-state index contributed by atoms with van der Waals surface area (Å²) in [4.78, 5) is 8.47. The van der Waals surface area contributed by atoms with Gasteiger partial charge in [-0.25, -0.2) is 4.98 Å². The van der Waals surface area contributed by atoms with Crippen molar-refractivity contribution in [2.45, 2.75) is 19.3 Å². The summed E-state index contributed by atoms with van der Waals surface area (Å²) in [5.41, 5.74) is 0.660. The van der Waals surface area contributed by atoms with Crippen LogP contribution >= 0.6 is 11.6 Å². The lowest BCUT2D eigenvalue weighted by atomic mass is 9.94. The van der Waals surface area contributed by atoms with Crippen LogP contribution < -0.4 is 5.32 Å². The van der Waals surface area contributed by atoms with Crippen LogP contribution in [0, 0.1) is 5.92 Å². The fraction of sp³-hybridized carbons (Fsp3) is 0.400. The third kappa shape index (κ3) is 2.60. The Hall–Kier alpha value is -1.92. The van der Waals surface area contributed by atoms with Crippen molar-refractivity contribution in [2.24, 2.45) is 5.92 Å². The third-order valence-electron chi connectivity index (χ3n) is 4.01. The molecule has 0 aliphatic carbocycles. The summed E-state index contributed by atoms with van der Waals surface area (Å²) in [5, 5.41) is 8.57. The lowest BCUT2D eigenvalue weighted by Gasteiger charge is -2.20. The normalized spacial score (nSPS) is 16.4. The Balaban J connectivity index is 1.58. The molecule has 0 radical (unpaired) electrons.